The first-order chi connectivity index (χ1) is 15.0. The second kappa shape index (κ2) is 8.44. The van der Waals surface area contributed by atoms with Gasteiger partial charge >= 0.3 is 0 Å². The maximum Gasteiger partial charge on any atom is 0.270 e. The normalized spacial score (nSPS) is 11.9. The molecule has 0 heterocycles. The summed E-state index contributed by atoms with van der Waals surface area (Å²) in [4.78, 5) is 52.1. The summed E-state index contributed by atoms with van der Waals surface area (Å²) < 4.78 is 0. The number of hydrogen-bond donors (Lipinski definition) is 0. The molecule has 152 valence electrons. The van der Waals surface area contributed by atoms with Crippen LogP contribution in [0.2, 0.25) is 0 Å². The monoisotopic (exact) mass is 408 g/mol. The van der Waals surface area contributed by atoms with Gasteiger partial charge in [-0.15, -0.1) is 0 Å². The van der Waals surface area contributed by atoms with Crippen molar-refractivity contribution < 1.29 is 19.2 Å². The molecule has 0 bridgehead atoms. The number of benzene rings is 4. The highest BCUT2D eigenvalue weighted by molar-refractivity contribution is 6.69. The van der Waals surface area contributed by atoms with Crippen molar-refractivity contribution in [2.75, 3.05) is 0 Å². The molecule has 4 rings (SSSR count). The average Bonchev–Trinajstić information content (AvgIpc) is 2.82. The van der Waals surface area contributed by atoms with Gasteiger partial charge in [-0.05, 0) is 27.1 Å². The molecule has 0 amide bonds. The highest BCUT2D eigenvalue weighted by Crippen LogP contribution is 2.29. The lowest BCUT2D eigenvalue weighted by atomic mass is 9.83. The summed E-state index contributed by atoms with van der Waals surface area (Å²) in [5.74, 6) is -4.74. The van der Waals surface area contributed by atoms with Gasteiger partial charge in [0.1, 0.15) is 11.7 Å². The van der Waals surface area contributed by atoms with E-state index in [1.54, 1.807) is 37.3 Å². The van der Waals surface area contributed by atoms with Crippen LogP contribution in [0.5, 0.6) is 0 Å². The second-order valence-corrected chi connectivity index (χ2v) is 7.37. The van der Waals surface area contributed by atoms with Crippen molar-refractivity contribution >= 4 is 44.7 Å². The number of ketones is 4. The van der Waals surface area contributed by atoms with E-state index in [4.69, 9.17) is 0 Å². The smallest absolute Gasteiger partial charge is 0.270 e. The maximum absolute atomic E-state index is 13.2. The summed E-state index contributed by atoms with van der Waals surface area (Å²) in [7, 11) is 0. The van der Waals surface area contributed by atoms with Gasteiger partial charge < -0.3 is 0 Å². The lowest BCUT2D eigenvalue weighted by molar-refractivity contribution is -0.138. The quantitative estimate of drug-likeness (QED) is 0.243. The summed E-state index contributed by atoms with van der Waals surface area (Å²) >= 11 is 0. The summed E-state index contributed by atoms with van der Waals surface area (Å²) in [5.41, 5.74) is 0.617. The molecule has 4 nitrogen and oxygen atoms in total. The third kappa shape index (κ3) is 3.68. The zero-order valence-corrected chi connectivity index (χ0v) is 17.0. The van der Waals surface area contributed by atoms with Gasteiger partial charge in [-0.3, -0.25) is 19.2 Å². The Morgan fingerprint density at radius 2 is 1.23 bits per heavy atom. The fourth-order valence-corrected chi connectivity index (χ4v) is 3.96. The van der Waals surface area contributed by atoms with E-state index in [0.717, 1.165) is 16.2 Å². The van der Waals surface area contributed by atoms with Crippen molar-refractivity contribution in [3.8, 4) is 0 Å². The Balaban J connectivity index is 1.78. The van der Waals surface area contributed by atoms with E-state index in [9.17, 15) is 19.2 Å². The molecule has 4 aromatic rings. The fraction of sp³-hybridized carbons (Fsp3) is 0.111. The minimum Gasteiger partial charge on any atom is -0.299 e. The Bertz CT molecular complexity index is 1340. The number of fused-ring (bicyclic) bond motifs is 2. The Labute approximate surface area is 179 Å². The van der Waals surface area contributed by atoms with E-state index in [2.05, 4.69) is 0 Å². The molecule has 1 unspecified atom stereocenters. The molecule has 0 radical (unpaired) electrons. The summed E-state index contributed by atoms with van der Waals surface area (Å²) in [6.45, 7) is 1.64. The molecule has 0 saturated carbocycles. The van der Waals surface area contributed by atoms with Crippen LogP contribution in [-0.2, 0) is 14.4 Å². The highest BCUT2D eigenvalue weighted by Gasteiger charge is 2.36. The first kappa shape index (κ1) is 20.4. The molecule has 4 heteroatoms. The van der Waals surface area contributed by atoms with Crippen LogP contribution in [0.1, 0.15) is 35.2 Å². The van der Waals surface area contributed by atoms with Crippen LogP contribution in [0.4, 0.5) is 0 Å². The number of carbonyl (C=O) groups is 4. The van der Waals surface area contributed by atoms with E-state index in [1.165, 1.54) is 6.07 Å². The summed E-state index contributed by atoms with van der Waals surface area (Å²) in [6.07, 6.45) is 0.0787. The lowest BCUT2D eigenvalue weighted by Gasteiger charge is -2.16. The van der Waals surface area contributed by atoms with Crippen LogP contribution in [-0.4, -0.2) is 23.1 Å². The molecule has 0 spiro atoms. The van der Waals surface area contributed by atoms with Gasteiger partial charge in [0.2, 0.25) is 11.6 Å². The molecular weight excluding hydrogens is 388 g/mol. The average molecular weight is 408 g/mol. The molecule has 0 saturated heterocycles. The van der Waals surface area contributed by atoms with Crippen LogP contribution >= 0.6 is 0 Å². The van der Waals surface area contributed by atoms with E-state index >= 15 is 0 Å². The number of carbonyl (C=O) groups excluding carboxylic acids is 4. The Morgan fingerprint density at radius 3 is 1.90 bits per heavy atom. The molecular formula is C27H20O4. The molecule has 31 heavy (non-hydrogen) atoms. The van der Waals surface area contributed by atoms with E-state index in [0.29, 0.717) is 10.9 Å². The summed E-state index contributed by atoms with van der Waals surface area (Å²) in [6, 6.07) is 24.9. The zero-order chi connectivity index (χ0) is 22.0. The topological polar surface area (TPSA) is 68.3 Å². The van der Waals surface area contributed by atoms with Crippen LogP contribution in [0.3, 0.4) is 0 Å². The Kier molecular flexibility index (Phi) is 5.54. The van der Waals surface area contributed by atoms with E-state index in [1.807, 2.05) is 48.5 Å². The molecule has 0 aromatic heterocycles. The van der Waals surface area contributed by atoms with Crippen molar-refractivity contribution in [3.63, 3.8) is 0 Å². The summed E-state index contributed by atoms with van der Waals surface area (Å²) in [5, 5.41) is 2.97. The van der Waals surface area contributed by atoms with Crippen molar-refractivity contribution in [2.24, 2.45) is 0 Å². The predicted molar refractivity (Wildman–Crippen MR) is 120 cm³/mol. The van der Waals surface area contributed by atoms with Crippen molar-refractivity contribution in [2.45, 2.75) is 19.3 Å². The van der Waals surface area contributed by atoms with Crippen LogP contribution in [0.25, 0.3) is 21.5 Å². The van der Waals surface area contributed by atoms with E-state index in [-0.39, 0.29) is 17.8 Å². The first-order valence-electron chi connectivity index (χ1n) is 10.1. The van der Waals surface area contributed by atoms with Crippen LogP contribution < -0.4 is 0 Å². The van der Waals surface area contributed by atoms with Crippen molar-refractivity contribution in [1.82, 2.24) is 0 Å². The minimum absolute atomic E-state index is 0.0787. The van der Waals surface area contributed by atoms with Crippen molar-refractivity contribution in [3.05, 3.63) is 96.1 Å². The number of Topliss-reactive ketones (excluding diaryl/α,β-unsaturated/α-hetero) is 4. The molecule has 0 N–H and O–H groups in total. The van der Waals surface area contributed by atoms with Crippen molar-refractivity contribution in [1.29, 1.82) is 0 Å². The fourth-order valence-electron chi connectivity index (χ4n) is 3.96. The van der Waals surface area contributed by atoms with Gasteiger partial charge in [-0.25, -0.2) is 0 Å². The molecule has 0 fully saturated rings. The third-order valence-corrected chi connectivity index (χ3v) is 5.53. The minimum atomic E-state index is -1.30. The standard InChI is InChI=1S/C27H20O4/c1-2-23(28)24(21-15-7-11-17-9-3-5-13-19(17)21)26(30)27(31)25(29)22-16-8-12-18-10-4-6-14-20(18)22/h3-16,24H,2H2,1H3. The first-order valence-corrected chi connectivity index (χ1v) is 10.1. The molecule has 4 aromatic carbocycles. The lowest BCUT2D eigenvalue weighted by Crippen LogP contribution is -2.33. The van der Waals surface area contributed by atoms with Crippen LogP contribution in [0.15, 0.2) is 84.9 Å². The predicted octanol–water partition coefficient (Wildman–Crippen LogP) is 5.08. The largest absolute Gasteiger partial charge is 0.299 e. The molecule has 0 aliphatic heterocycles. The van der Waals surface area contributed by atoms with Gasteiger partial charge in [-0.1, -0.05) is 91.9 Å². The Morgan fingerprint density at radius 1 is 0.677 bits per heavy atom. The van der Waals surface area contributed by atoms with Gasteiger partial charge in [0, 0.05) is 12.0 Å². The SMILES string of the molecule is CCC(=O)C(C(=O)C(=O)C(=O)c1cccc2ccccc12)c1cccc2ccccc12. The number of hydrogen-bond acceptors (Lipinski definition) is 4. The van der Waals surface area contributed by atoms with Gasteiger partial charge in [0.25, 0.3) is 5.78 Å². The van der Waals surface area contributed by atoms with Crippen LogP contribution in [0, 0.1) is 0 Å². The maximum atomic E-state index is 13.2. The third-order valence-electron chi connectivity index (χ3n) is 5.53. The Hall–Kier alpha value is -3.92. The van der Waals surface area contributed by atoms with E-state index < -0.39 is 23.3 Å². The second-order valence-electron chi connectivity index (χ2n) is 7.37. The van der Waals surface area contributed by atoms with Gasteiger partial charge in [0.15, 0.2) is 0 Å². The molecule has 0 aliphatic carbocycles. The van der Waals surface area contributed by atoms with Gasteiger partial charge in [0.05, 0.1) is 0 Å². The van der Waals surface area contributed by atoms with Gasteiger partial charge in [-0.2, -0.15) is 0 Å². The zero-order valence-electron chi connectivity index (χ0n) is 17.0. The number of rotatable bonds is 7. The molecule has 1 atom stereocenters. The molecule has 0 aliphatic rings. The highest BCUT2D eigenvalue weighted by atomic mass is 16.2.